The number of carboxylic acids is 1. The van der Waals surface area contributed by atoms with Gasteiger partial charge in [0.1, 0.15) is 12.1 Å². The summed E-state index contributed by atoms with van der Waals surface area (Å²) in [5, 5.41) is 33.7. The minimum absolute atomic E-state index is 0.544. The first-order chi connectivity index (χ1) is 11.0. The van der Waals surface area contributed by atoms with E-state index in [4.69, 9.17) is 10.8 Å². The maximum atomic E-state index is 11.8. The van der Waals surface area contributed by atoms with E-state index >= 15 is 0 Å². The van der Waals surface area contributed by atoms with Crippen molar-refractivity contribution in [1.29, 1.82) is 0 Å². The Labute approximate surface area is 138 Å². The van der Waals surface area contributed by atoms with Crippen LogP contribution < -0.4 is 21.7 Å². The Morgan fingerprint density at radius 2 is 1.50 bits per heavy atom. The minimum Gasteiger partial charge on any atom is -0.480 e. The smallest absolute Gasteiger partial charge is 0.328 e. The SMILES string of the molecule is CC(NC(=O)C(N)C(C)O)C(=O)NCC(=O)NC(C(=O)O)C(C)O. The van der Waals surface area contributed by atoms with Gasteiger partial charge >= 0.3 is 5.97 Å². The summed E-state index contributed by atoms with van der Waals surface area (Å²) in [7, 11) is 0. The molecule has 11 nitrogen and oxygen atoms in total. The summed E-state index contributed by atoms with van der Waals surface area (Å²) in [6, 6.07) is -3.73. The average Bonchev–Trinajstić information content (AvgIpc) is 2.48. The summed E-state index contributed by atoms with van der Waals surface area (Å²) in [5.74, 6) is -3.69. The molecule has 0 aromatic carbocycles. The third-order valence-electron chi connectivity index (χ3n) is 3.06. The molecule has 0 heterocycles. The Bertz CT molecular complexity index is 481. The molecule has 0 aliphatic heterocycles. The summed E-state index contributed by atoms with van der Waals surface area (Å²) < 4.78 is 0. The lowest BCUT2D eigenvalue weighted by Gasteiger charge is -2.19. The van der Waals surface area contributed by atoms with Gasteiger partial charge in [-0.15, -0.1) is 0 Å². The number of aliphatic hydroxyl groups is 2. The van der Waals surface area contributed by atoms with Crippen LogP contribution in [0.3, 0.4) is 0 Å². The lowest BCUT2D eigenvalue weighted by atomic mass is 10.1. The predicted octanol–water partition coefficient (Wildman–Crippen LogP) is -3.73. The van der Waals surface area contributed by atoms with Crippen LogP contribution in [0.1, 0.15) is 20.8 Å². The predicted molar refractivity (Wildman–Crippen MR) is 81.5 cm³/mol. The van der Waals surface area contributed by atoms with Gasteiger partial charge in [0, 0.05) is 0 Å². The summed E-state index contributed by atoms with van der Waals surface area (Å²) in [6.07, 6.45) is -2.42. The highest BCUT2D eigenvalue weighted by atomic mass is 16.4. The van der Waals surface area contributed by atoms with Crippen molar-refractivity contribution in [3.8, 4) is 0 Å². The van der Waals surface area contributed by atoms with Crippen LogP contribution in [0.2, 0.25) is 0 Å². The first kappa shape index (κ1) is 21.8. The molecular formula is C13H24N4O7. The second-order valence-corrected chi connectivity index (χ2v) is 5.34. The lowest BCUT2D eigenvalue weighted by molar-refractivity contribution is -0.144. The van der Waals surface area contributed by atoms with Crippen molar-refractivity contribution in [2.75, 3.05) is 6.54 Å². The van der Waals surface area contributed by atoms with Crippen molar-refractivity contribution < 1.29 is 34.5 Å². The Kier molecular flexibility index (Phi) is 8.89. The van der Waals surface area contributed by atoms with Gasteiger partial charge in [-0.25, -0.2) is 4.79 Å². The number of aliphatic carboxylic acids is 1. The van der Waals surface area contributed by atoms with Gasteiger partial charge in [0.25, 0.3) is 0 Å². The minimum atomic E-state index is -1.50. The molecule has 8 N–H and O–H groups in total. The zero-order valence-electron chi connectivity index (χ0n) is 13.6. The van der Waals surface area contributed by atoms with E-state index in [-0.39, 0.29) is 0 Å². The molecule has 0 bridgehead atoms. The molecule has 0 aliphatic rings. The van der Waals surface area contributed by atoms with Crippen molar-refractivity contribution in [2.24, 2.45) is 5.73 Å². The highest BCUT2D eigenvalue weighted by Gasteiger charge is 2.26. The molecule has 5 atom stereocenters. The molecule has 0 aromatic heterocycles. The van der Waals surface area contributed by atoms with Gasteiger partial charge in [-0.3, -0.25) is 14.4 Å². The molecule has 24 heavy (non-hydrogen) atoms. The molecule has 138 valence electrons. The maximum Gasteiger partial charge on any atom is 0.328 e. The Balaban J connectivity index is 4.40. The van der Waals surface area contributed by atoms with Gasteiger partial charge in [-0.2, -0.15) is 0 Å². The molecule has 3 amide bonds. The van der Waals surface area contributed by atoms with Crippen LogP contribution in [0.5, 0.6) is 0 Å². The van der Waals surface area contributed by atoms with Crippen molar-refractivity contribution in [3.05, 3.63) is 0 Å². The summed E-state index contributed by atoms with van der Waals surface area (Å²) in [6.45, 7) is 3.31. The molecule has 0 rings (SSSR count). The van der Waals surface area contributed by atoms with E-state index < -0.39 is 60.6 Å². The van der Waals surface area contributed by atoms with Crippen LogP contribution in [-0.4, -0.2) is 75.9 Å². The third-order valence-corrected chi connectivity index (χ3v) is 3.06. The van der Waals surface area contributed by atoms with Gasteiger partial charge in [0.15, 0.2) is 6.04 Å². The normalized spacial score (nSPS) is 16.9. The number of carbonyl (C=O) groups excluding carboxylic acids is 3. The maximum absolute atomic E-state index is 11.8. The first-order valence-electron chi connectivity index (χ1n) is 7.19. The third kappa shape index (κ3) is 7.35. The molecule has 0 saturated carbocycles. The van der Waals surface area contributed by atoms with Gasteiger partial charge in [-0.05, 0) is 20.8 Å². The van der Waals surface area contributed by atoms with Gasteiger partial charge in [0.05, 0.1) is 18.8 Å². The standard InChI is InChI=1S/C13H24N4O7/c1-5(16-12(22)9(14)6(2)18)11(21)15-4-8(20)17-10(7(3)19)13(23)24/h5-7,9-10,18-19H,4,14H2,1-3H3,(H,15,21)(H,16,22)(H,17,20)(H,23,24). The van der Waals surface area contributed by atoms with Crippen molar-refractivity contribution in [3.63, 3.8) is 0 Å². The topological polar surface area (TPSA) is 191 Å². The van der Waals surface area contributed by atoms with E-state index in [2.05, 4.69) is 10.6 Å². The van der Waals surface area contributed by atoms with Crippen LogP contribution in [0.4, 0.5) is 0 Å². The van der Waals surface area contributed by atoms with Crippen LogP contribution in [-0.2, 0) is 19.2 Å². The van der Waals surface area contributed by atoms with Gasteiger partial charge in [-0.1, -0.05) is 0 Å². The Morgan fingerprint density at radius 1 is 0.958 bits per heavy atom. The van der Waals surface area contributed by atoms with Crippen LogP contribution in [0.25, 0.3) is 0 Å². The van der Waals surface area contributed by atoms with Gasteiger partial charge in [0.2, 0.25) is 17.7 Å². The van der Waals surface area contributed by atoms with E-state index in [1.807, 2.05) is 5.32 Å². The number of carbonyl (C=O) groups is 4. The number of carboxylic acid groups (broad SMARTS) is 1. The molecule has 11 heteroatoms. The molecule has 0 spiro atoms. The molecule has 0 aromatic rings. The van der Waals surface area contributed by atoms with E-state index in [1.165, 1.54) is 20.8 Å². The number of aliphatic hydroxyl groups excluding tert-OH is 2. The fourth-order valence-electron chi connectivity index (χ4n) is 1.53. The molecule has 0 fully saturated rings. The van der Waals surface area contributed by atoms with E-state index in [9.17, 15) is 29.4 Å². The van der Waals surface area contributed by atoms with Crippen LogP contribution in [0, 0.1) is 0 Å². The zero-order valence-corrected chi connectivity index (χ0v) is 13.6. The fraction of sp³-hybridized carbons (Fsp3) is 0.692. The molecular weight excluding hydrogens is 324 g/mol. The van der Waals surface area contributed by atoms with Crippen molar-refractivity contribution in [1.82, 2.24) is 16.0 Å². The van der Waals surface area contributed by atoms with Gasteiger partial charge < -0.3 is 37.0 Å². The quantitative estimate of drug-likeness (QED) is 0.221. The first-order valence-corrected chi connectivity index (χ1v) is 7.19. The summed E-state index contributed by atoms with van der Waals surface area (Å²) >= 11 is 0. The number of hydrogen-bond acceptors (Lipinski definition) is 7. The molecule has 0 saturated heterocycles. The zero-order chi connectivity index (χ0) is 19.0. The molecule has 0 aliphatic carbocycles. The molecule has 5 unspecified atom stereocenters. The Hall–Kier alpha value is -2.24. The van der Waals surface area contributed by atoms with E-state index in [0.29, 0.717) is 0 Å². The number of nitrogens with one attached hydrogen (secondary N) is 3. The van der Waals surface area contributed by atoms with Crippen molar-refractivity contribution >= 4 is 23.7 Å². The fourth-order valence-corrected chi connectivity index (χ4v) is 1.53. The second kappa shape index (κ2) is 9.80. The van der Waals surface area contributed by atoms with E-state index in [0.717, 1.165) is 0 Å². The number of hydrogen-bond donors (Lipinski definition) is 7. The second-order valence-electron chi connectivity index (χ2n) is 5.34. The van der Waals surface area contributed by atoms with Crippen molar-refractivity contribution in [2.45, 2.75) is 51.1 Å². The monoisotopic (exact) mass is 348 g/mol. The molecule has 0 radical (unpaired) electrons. The van der Waals surface area contributed by atoms with E-state index in [1.54, 1.807) is 0 Å². The average molecular weight is 348 g/mol. The highest BCUT2D eigenvalue weighted by molar-refractivity contribution is 5.92. The van der Waals surface area contributed by atoms with Crippen LogP contribution in [0.15, 0.2) is 0 Å². The Morgan fingerprint density at radius 3 is 1.92 bits per heavy atom. The largest absolute Gasteiger partial charge is 0.480 e. The lowest BCUT2D eigenvalue weighted by Crippen LogP contribution is -2.55. The number of nitrogens with two attached hydrogens (primary N) is 1. The summed E-state index contributed by atoms with van der Waals surface area (Å²) in [5.41, 5.74) is 5.40. The number of amides is 3. The summed E-state index contributed by atoms with van der Waals surface area (Å²) in [4.78, 5) is 45.7. The highest BCUT2D eigenvalue weighted by Crippen LogP contribution is 1.93. The van der Waals surface area contributed by atoms with Crippen LogP contribution >= 0.6 is 0 Å². The number of rotatable bonds is 9.